The zero-order valence-electron chi connectivity index (χ0n) is 11.6. The van der Waals surface area contributed by atoms with Crippen molar-refractivity contribution < 1.29 is 18.4 Å². The van der Waals surface area contributed by atoms with Gasteiger partial charge in [0, 0.05) is 11.3 Å². The van der Waals surface area contributed by atoms with Crippen molar-refractivity contribution in [2.45, 2.75) is 17.5 Å². The van der Waals surface area contributed by atoms with E-state index in [0.29, 0.717) is 17.5 Å². The van der Waals surface area contributed by atoms with Gasteiger partial charge in [0.15, 0.2) is 0 Å². The maximum absolute atomic E-state index is 11.6. The van der Waals surface area contributed by atoms with Gasteiger partial charge in [-0.2, -0.15) is 0 Å². The van der Waals surface area contributed by atoms with Crippen molar-refractivity contribution in [1.82, 2.24) is 20.2 Å². The van der Waals surface area contributed by atoms with Crippen LogP contribution in [-0.4, -0.2) is 33.3 Å². The largest absolute Gasteiger partial charge is 0.467 e. The van der Waals surface area contributed by atoms with Crippen LogP contribution in [0.4, 0.5) is 0 Å². The molecule has 9 heteroatoms. The van der Waals surface area contributed by atoms with Gasteiger partial charge < -0.3 is 13.6 Å². The topological polar surface area (TPSA) is 96.2 Å². The molecule has 0 radical (unpaired) electrons. The fourth-order valence-electron chi connectivity index (χ4n) is 1.81. The second-order valence-electron chi connectivity index (χ2n) is 4.25. The Kier molecular flexibility index (Phi) is 4.24. The summed E-state index contributed by atoms with van der Waals surface area (Å²) in [6, 6.07) is 5.38. The Morgan fingerprint density at radius 2 is 2.27 bits per heavy atom. The van der Waals surface area contributed by atoms with Crippen LogP contribution in [0.1, 0.15) is 21.9 Å². The van der Waals surface area contributed by atoms with Crippen molar-refractivity contribution in [2.24, 2.45) is 0 Å². The molecule has 0 aliphatic carbocycles. The summed E-state index contributed by atoms with van der Waals surface area (Å²) in [6.45, 7) is 0.442. The molecule has 0 fully saturated rings. The number of furan rings is 2. The average molecular weight is 320 g/mol. The molecule has 22 heavy (non-hydrogen) atoms. The molecule has 3 aromatic heterocycles. The van der Waals surface area contributed by atoms with Gasteiger partial charge in [-0.05, 0) is 28.6 Å². The quantitative estimate of drug-likeness (QED) is 0.502. The molecule has 3 aromatic rings. The van der Waals surface area contributed by atoms with Crippen molar-refractivity contribution >= 4 is 17.7 Å². The standard InChI is InChI=1S/C13H12N4O4S/c1-19-12(18)11-9(4-6-21-11)8-22-13-14-15-16-17(13)7-10-3-2-5-20-10/h2-6H,7-8H2,1H3. The molecule has 0 N–H and O–H groups in total. The molecule has 0 aliphatic heterocycles. The molecule has 0 saturated heterocycles. The van der Waals surface area contributed by atoms with E-state index in [9.17, 15) is 4.79 Å². The number of nitrogens with zero attached hydrogens (tertiary/aromatic N) is 4. The van der Waals surface area contributed by atoms with Crippen LogP contribution in [0.15, 0.2) is 44.7 Å². The predicted octanol–water partition coefficient (Wildman–Crippen LogP) is 1.99. The highest BCUT2D eigenvalue weighted by atomic mass is 32.2. The van der Waals surface area contributed by atoms with Gasteiger partial charge in [0.2, 0.25) is 10.9 Å². The van der Waals surface area contributed by atoms with Crippen molar-refractivity contribution in [1.29, 1.82) is 0 Å². The Bertz CT molecular complexity index is 750. The highest BCUT2D eigenvalue weighted by molar-refractivity contribution is 7.98. The summed E-state index contributed by atoms with van der Waals surface area (Å²) in [5.41, 5.74) is 0.726. The molecule has 0 aliphatic rings. The lowest BCUT2D eigenvalue weighted by Gasteiger charge is -2.02. The lowest BCUT2D eigenvalue weighted by atomic mass is 10.3. The SMILES string of the molecule is COC(=O)c1occc1CSc1nnnn1Cc1ccco1. The maximum atomic E-state index is 11.6. The normalized spacial score (nSPS) is 10.8. The molecule has 8 nitrogen and oxygen atoms in total. The Labute approximate surface area is 129 Å². The molecule has 114 valence electrons. The van der Waals surface area contributed by atoms with Gasteiger partial charge in [-0.25, -0.2) is 9.48 Å². The van der Waals surface area contributed by atoms with Gasteiger partial charge >= 0.3 is 5.97 Å². The monoisotopic (exact) mass is 320 g/mol. The lowest BCUT2D eigenvalue weighted by molar-refractivity contribution is 0.0564. The van der Waals surface area contributed by atoms with Gasteiger partial charge in [-0.1, -0.05) is 11.8 Å². The minimum Gasteiger partial charge on any atom is -0.467 e. The van der Waals surface area contributed by atoms with E-state index in [1.807, 2.05) is 6.07 Å². The number of ether oxygens (including phenoxy) is 1. The molecule has 0 bridgehead atoms. The first-order valence-corrected chi connectivity index (χ1v) is 7.32. The first-order valence-electron chi connectivity index (χ1n) is 6.34. The van der Waals surface area contributed by atoms with Crippen LogP contribution in [0.25, 0.3) is 0 Å². The maximum Gasteiger partial charge on any atom is 0.374 e. The number of aromatic nitrogens is 4. The fourth-order valence-corrected chi connectivity index (χ4v) is 2.67. The summed E-state index contributed by atoms with van der Waals surface area (Å²) in [5.74, 6) is 0.933. The number of tetrazole rings is 1. The predicted molar refractivity (Wildman–Crippen MR) is 75.2 cm³/mol. The third-order valence-corrected chi connectivity index (χ3v) is 3.87. The second-order valence-corrected chi connectivity index (χ2v) is 5.20. The minimum atomic E-state index is -0.504. The summed E-state index contributed by atoms with van der Waals surface area (Å²) < 4.78 is 16.7. The lowest BCUT2D eigenvalue weighted by Crippen LogP contribution is -2.04. The molecular formula is C13H12N4O4S. The molecule has 0 unspecified atom stereocenters. The van der Waals surface area contributed by atoms with Crippen LogP contribution in [0.3, 0.4) is 0 Å². The average Bonchev–Trinajstić information content (AvgIpc) is 3.26. The molecule has 0 saturated carbocycles. The van der Waals surface area contributed by atoms with Crippen molar-refractivity contribution in [3.63, 3.8) is 0 Å². The first kappa shape index (κ1) is 14.4. The molecule has 3 heterocycles. The van der Waals surface area contributed by atoms with E-state index in [1.54, 1.807) is 23.1 Å². The number of thioether (sulfide) groups is 1. The van der Waals surface area contributed by atoms with Crippen LogP contribution >= 0.6 is 11.8 Å². The van der Waals surface area contributed by atoms with E-state index in [1.165, 1.54) is 25.1 Å². The molecule has 0 atom stereocenters. The van der Waals surface area contributed by atoms with Crippen LogP contribution in [0, 0.1) is 0 Å². The van der Waals surface area contributed by atoms with Gasteiger partial charge in [-0.15, -0.1) is 5.10 Å². The highest BCUT2D eigenvalue weighted by Crippen LogP contribution is 2.24. The van der Waals surface area contributed by atoms with Crippen molar-refractivity contribution in [2.75, 3.05) is 7.11 Å². The van der Waals surface area contributed by atoms with Crippen molar-refractivity contribution in [3.8, 4) is 0 Å². The first-order chi connectivity index (χ1) is 10.8. The zero-order chi connectivity index (χ0) is 15.4. The smallest absolute Gasteiger partial charge is 0.374 e. The van der Waals surface area contributed by atoms with E-state index in [4.69, 9.17) is 8.83 Å². The number of rotatable bonds is 6. The Morgan fingerprint density at radius 1 is 1.36 bits per heavy atom. The number of carbonyl (C=O) groups excluding carboxylic acids is 1. The molecule has 3 rings (SSSR count). The van der Waals surface area contributed by atoms with E-state index in [-0.39, 0.29) is 5.76 Å². The van der Waals surface area contributed by atoms with Crippen LogP contribution < -0.4 is 0 Å². The van der Waals surface area contributed by atoms with Gasteiger partial charge in [0.25, 0.3) is 0 Å². The Morgan fingerprint density at radius 3 is 3.05 bits per heavy atom. The summed E-state index contributed by atoms with van der Waals surface area (Å²) >= 11 is 1.39. The van der Waals surface area contributed by atoms with Gasteiger partial charge in [-0.3, -0.25) is 0 Å². The summed E-state index contributed by atoms with van der Waals surface area (Å²) in [5, 5.41) is 12.2. The molecular weight excluding hydrogens is 308 g/mol. The second kappa shape index (κ2) is 6.48. The van der Waals surface area contributed by atoms with Crippen molar-refractivity contribution in [3.05, 3.63) is 47.8 Å². The summed E-state index contributed by atoms with van der Waals surface area (Å²) in [7, 11) is 1.31. The van der Waals surface area contributed by atoms with Gasteiger partial charge in [0.1, 0.15) is 12.3 Å². The van der Waals surface area contributed by atoms with E-state index in [0.717, 1.165) is 11.3 Å². The number of carbonyl (C=O) groups is 1. The number of esters is 1. The molecule has 0 amide bonds. The fraction of sp³-hybridized carbons (Fsp3) is 0.231. The van der Waals surface area contributed by atoms with E-state index in [2.05, 4.69) is 20.3 Å². The molecule has 0 spiro atoms. The van der Waals surface area contributed by atoms with Crippen LogP contribution in [0.5, 0.6) is 0 Å². The van der Waals surface area contributed by atoms with Gasteiger partial charge in [0.05, 0.1) is 19.6 Å². The Balaban J connectivity index is 1.69. The van der Waals surface area contributed by atoms with Crippen LogP contribution in [-0.2, 0) is 17.0 Å². The number of hydrogen-bond donors (Lipinski definition) is 0. The third kappa shape index (κ3) is 3.03. The van der Waals surface area contributed by atoms with E-state index < -0.39 is 5.97 Å². The summed E-state index contributed by atoms with van der Waals surface area (Å²) in [6.07, 6.45) is 3.05. The van der Waals surface area contributed by atoms with E-state index >= 15 is 0 Å². The number of methoxy groups -OCH3 is 1. The van der Waals surface area contributed by atoms with Crippen LogP contribution in [0.2, 0.25) is 0 Å². The minimum absolute atomic E-state index is 0.194. The molecule has 0 aromatic carbocycles. The summed E-state index contributed by atoms with van der Waals surface area (Å²) in [4.78, 5) is 11.6. The third-order valence-electron chi connectivity index (χ3n) is 2.86. The highest BCUT2D eigenvalue weighted by Gasteiger charge is 2.17. The Hall–Kier alpha value is -2.55. The number of hydrogen-bond acceptors (Lipinski definition) is 8. The zero-order valence-corrected chi connectivity index (χ0v) is 12.4.